The van der Waals surface area contributed by atoms with E-state index in [2.05, 4.69) is 10.3 Å². The highest BCUT2D eigenvalue weighted by molar-refractivity contribution is 5.28. The predicted molar refractivity (Wildman–Crippen MR) is 47.3 cm³/mol. The van der Waals surface area contributed by atoms with Gasteiger partial charge in [0, 0.05) is 18.3 Å². The van der Waals surface area contributed by atoms with E-state index in [0.29, 0.717) is 18.5 Å². The molecule has 0 bridgehead atoms. The second-order valence-corrected chi connectivity index (χ2v) is 3.39. The van der Waals surface area contributed by atoms with Crippen LogP contribution in [0.4, 0.5) is 0 Å². The molecule has 1 fully saturated rings. The van der Waals surface area contributed by atoms with Crippen LogP contribution < -0.4 is 5.32 Å². The van der Waals surface area contributed by atoms with Gasteiger partial charge in [0.1, 0.15) is 11.4 Å². The fourth-order valence-electron chi connectivity index (χ4n) is 1.61. The molecule has 0 saturated carbocycles. The summed E-state index contributed by atoms with van der Waals surface area (Å²) in [6.45, 7) is 1.32. The SMILES string of the molecule is Oc1cncc(C2(O)CCNC2)c1. The van der Waals surface area contributed by atoms with Crippen molar-refractivity contribution in [3.05, 3.63) is 24.0 Å². The van der Waals surface area contributed by atoms with Crippen molar-refractivity contribution in [1.29, 1.82) is 0 Å². The summed E-state index contributed by atoms with van der Waals surface area (Å²) in [5.41, 5.74) is -0.177. The number of aromatic nitrogens is 1. The highest BCUT2D eigenvalue weighted by Crippen LogP contribution is 2.28. The Morgan fingerprint density at radius 2 is 2.31 bits per heavy atom. The molecule has 0 aromatic carbocycles. The standard InChI is InChI=1S/C9H12N2O2/c12-8-3-7(4-11-5-8)9(13)1-2-10-6-9/h3-5,10,12-13H,1-2,6H2. The number of rotatable bonds is 1. The summed E-state index contributed by atoms with van der Waals surface area (Å²) in [6, 6.07) is 1.56. The molecule has 4 nitrogen and oxygen atoms in total. The Labute approximate surface area is 76.2 Å². The van der Waals surface area contributed by atoms with E-state index in [0.717, 1.165) is 6.54 Å². The molecular weight excluding hydrogens is 168 g/mol. The summed E-state index contributed by atoms with van der Waals surface area (Å²) in [6.07, 6.45) is 3.61. The molecule has 1 aromatic heterocycles. The van der Waals surface area contributed by atoms with Crippen LogP contribution in [0.15, 0.2) is 18.5 Å². The molecule has 2 heterocycles. The van der Waals surface area contributed by atoms with E-state index < -0.39 is 5.60 Å². The molecule has 0 amide bonds. The molecule has 1 unspecified atom stereocenters. The largest absolute Gasteiger partial charge is 0.506 e. The van der Waals surface area contributed by atoms with Gasteiger partial charge in [0.25, 0.3) is 0 Å². The number of β-amino-alcohol motifs (C(OH)–C–C–N with tert-alkyl or cyclic N) is 1. The van der Waals surface area contributed by atoms with Crippen LogP contribution in [0.3, 0.4) is 0 Å². The number of aromatic hydroxyl groups is 1. The Balaban J connectivity index is 2.33. The van der Waals surface area contributed by atoms with Gasteiger partial charge in [-0.3, -0.25) is 4.98 Å². The first-order chi connectivity index (χ1) is 6.21. The van der Waals surface area contributed by atoms with Crippen molar-refractivity contribution in [2.45, 2.75) is 12.0 Å². The minimum Gasteiger partial charge on any atom is -0.506 e. The molecule has 3 N–H and O–H groups in total. The molecule has 1 aromatic rings. The third-order valence-corrected chi connectivity index (χ3v) is 2.39. The molecule has 1 aliphatic heterocycles. The smallest absolute Gasteiger partial charge is 0.134 e. The lowest BCUT2D eigenvalue weighted by molar-refractivity contribution is 0.0581. The van der Waals surface area contributed by atoms with Gasteiger partial charge in [-0.2, -0.15) is 0 Å². The monoisotopic (exact) mass is 180 g/mol. The summed E-state index contributed by atoms with van der Waals surface area (Å²) in [4.78, 5) is 3.84. The van der Waals surface area contributed by atoms with Crippen molar-refractivity contribution in [3.8, 4) is 5.75 Å². The van der Waals surface area contributed by atoms with Crippen LogP contribution in [-0.2, 0) is 5.60 Å². The van der Waals surface area contributed by atoms with E-state index in [-0.39, 0.29) is 5.75 Å². The molecule has 1 aliphatic rings. The molecule has 70 valence electrons. The molecule has 1 saturated heterocycles. The molecular formula is C9H12N2O2. The summed E-state index contributed by atoms with van der Waals surface area (Å²) < 4.78 is 0. The zero-order chi connectivity index (χ0) is 9.31. The van der Waals surface area contributed by atoms with Gasteiger partial charge in [-0.05, 0) is 19.0 Å². The average Bonchev–Trinajstić information content (AvgIpc) is 2.54. The Kier molecular flexibility index (Phi) is 1.94. The minimum atomic E-state index is -0.855. The Morgan fingerprint density at radius 1 is 1.46 bits per heavy atom. The zero-order valence-electron chi connectivity index (χ0n) is 7.20. The second kappa shape index (κ2) is 2.97. The molecule has 0 spiro atoms. The third kappa shape index (κ3) is 1.50. The van der Waals surface area contributed by atoms with Gasteiger partial charge in [0.15, 0.2) is 0 Å². The van der Waals surface area contributed by atoms with Gasteiger partial charge in [-0.15, -0.1) is 0 Å². The van der Waals surface area contributed by atoms with E-state index in [9.17, 15) is 10.2 Å². The summed E-state index contributed by atoms with van der Waals surface area (Å²) in [5.74, 6) is 0.0952. The maximum Gasteiger partial charge on any atom is 0.134 e. The molecule has 0 aliphatic carbocycles. The van der Waals surface area contributed by atoms with Gasteiger partial charge in [-0.25, -0.2) is 0 Å². The topological polar surface area (TPSA) is 65.4 Å². The molecule has 13 heavy (non-hydrogen) atoms. The van der Waals surface area contributed by atoms with E-state index in [1.54, 1.807) is 12.3 Å². The van der Waals surface area contributed by atoms with Gasteiger partial charge in [0.2, 0.25) is 0 Å². The number of hydrogen-bond donors (Lipinski definition) is 3. The number of aliphatic hydroxyl groups is 1. The fraction of sp³-hybridized carbons (Fsp3) is 0.444. The summed E-state index contributed by atoms with van der Waals surface area (Å²) in [7, 11) is 0. The maximum absolute atomic E-state index is 10.1. The van der Waals surface area contributed by atoms with Crippen LogP contribution >= 0.6 is 0 Å². The fourth-order valence-corrected chi connectivity index (χ4v) is 1.61. The van der Waals surface area contributed by atoms with Crippen molar-refractivity contribution < 1.29 is 10.2 Å². The second-order valence-electron chi connectivity index (χ2n) is 3.39. The van der Waals surface area contributed by atoms with Crippen LogP contribution in [0.2, 0.25) is 0 Å². The van der Waals surface area contributed by atoms with Crippen LogP contribution in [0.25, 0.3) is 0 Å². The van der Waals surface area contributed by atoms with Crippen LogP contribution in [0, 0.1) is 0 Å². The Hall–Kier alpha value is -1.13. The van der Waals surface area contributed by atoms with Crippen molar-refractivity contribution in [3.63, 3.8) is 0 Å². The number of nitrogens with zero attached hydrogens (tertiary/aromatic N) is 1. The first-order valence-electron chi connectivity index (χ1n) is 4.28. The van der Waals surface area contributed by atoms with E-state index in [4.69, 9.17) is 0 Å². The van der Waals surface area contributed by atoms with Crippen molar-refractivity contribution >= 4 is 0 Å². The van der Waals surface area contributed by atoms with Gasteiger partial charge >= 0.3 is 0 Å². The van der Waals surface area contributed by atoms with Crippen LogP contribution in [0.1, 0.15) is 12.0 Å². The highest BCUT2D eigenvalue weighted by Gasteiger charge is 2.33. The zero-order valence-corrected chi connectivity index (χ0v) is 7.20. The molecule has 2 rings (SSSR count). The van der Waals surface area contributed by atoms with Crippen LogP contribution in [0.5, 0.6) is 5.75 Å². The van der Waals surface area contributed by atoms with Gasteiger partial charge < -0.3 is 15.5 Å². The molecule has 1 atom stereocenters. The van der Waals surface area contributed by atoms with E-state index >= 15 is 0 Å². The lowest BCUT2D eigenvalue weighted by atomic mass is 9.95. The van der Waals surface area contributed by atoms with Gasteiger partial charge in [-0.1, -0.05) is 0 Å². The predicted octanol–water partition coefficient (Wildman–Crippen LogP) is -0.0319. The Morgan fingerprint density at radius 3 is 2.92 bits per heavy atom. The first-order valence-corrected chi connectivity index (χ1v) is 4.28. The van der Waals surface area contributed by atoms with Crippen molar-refractivity contribution in [2.24, 2.45) is 0 Å². The quantitative estimate of drug-likeness (QED) is 0.567. The van der Waals surface area contributed by atoms with Crippen molar-refractivity contribution in [1.82, 2.24) is 10.3 Å². The third-order valence-electron chi connectivity index (χ3n) is 2.39. The van der Waals surface area contributed by atoms with Gasteiger partial charge in [0.05, 0.1) is 6.20 Å². The highest BCUT2D eigenvalue weighted by atomic mass is 16.3. The average molecular weight is 180 g/mol. The minimum absolute atomic E-state index is 0.0952. The number of hydrogen-bond acceptors (Lipinski definition) is 4. The lowest BCUT2D eigenvalue weighted by Crippen LogP contribution is -2.28. The molecule has 4 heteroatoms. The van der Waals surface area contributed by atoms with E-state index in [1.807, 2.05) is 0 Å². The number of pyridine rings is 1. The Bertz CT molecular complexity index is 308. The summed E-state index contributed by atoms with van der Waals surface area (Å²) >= 11 is 0. The number of nitrogens with one attached hydrogen (secondary N) is 1. The van der Waals surface area contributed by atoms with Crippen molar-refractivity contribution in [2.75, 3.05) is 13.1 Å². The van der Waals surface area contributed by atoms with E-state index in [1.165, 1.54) is 6.20 Å². The maximum atomic E-state index is 10.1. The van der Waals surface area contributed by atoms with Crippen LogP contribution in [-0.4, -0.2) is 28.3 Å². The lowest BCUT2D eigenvalue weighted by Gasteiger charge is -2.21. The molecule has 0 radical (unpaired) electrons. The first kappa shape index (κ1) is 8.47. The normalized spacial score (nSPS) is 27.8. The summed E-state index contributed by atoms with van der Waals surface area (Å²) in [5, 5.41) is 22.3.